The summed E-state index contributed by atoms with van der Waals surface area (Å²) in [5.74, 6) is 0. The van der Waals surface area contributed by atoms with E-state index in [-0.39, 0.29) is 31.0 Å². The Bertz CT molecular complexity index is 277. The van der Waals surface area contributed by atoms with Gasteiger partial charge >= 0.3 is 29.6 Å². The normalized spacial score (nSPS) is 10.0. The van der Waals surface area contributed by atoms with E-state index in [0.29, 0.717) is 0 Å². The molecule has 0 unspecified atom stereocenters. The van der Waals surface area contributed by atoms with Crippen LogP contribution in [0.15, 0.2) is 17.4 Å². The van der Waals surface area contributed by atoms with Crippen LogP contribution in [0.1, 0.15) is 13.4 Å². The molecule has 14 heavy (non-hydrogen) atoms. The van der Waals surface area contributed by atoms with Crippen LogP contribution in [-0.4, -0.2) is 30.4 Å². The van der Waals surface area contributed by atoms with Crippen LogP contribution in [0.2, 0.25) is 0 Å². The van der Waals surface area contributed by atoms with E-state index in [4.69, 9.17) is 9.47 Å². The fraction of sp³-hybridized carbons (Fsp3) is 0.500. The molecule has 0 radical (unpaired) electrons. The summed E-state index contributed by atoms with van der Waals surface area (Å²) in [5.41, 5.74) is 0.740. The molecule has 1 aromatic heterocycles. The number of ether oxygens (including phenoxy) is 2. The number of hydrogen-bond donors (Lipinski definition) is 0. The third-order valence-corrected chi connectivity index (χ3v) is 2.07. The average molecular weight is 224 g/mol. The molecule has 0 spiro atoms. The Morgan fingerprint density at radius 3 is 2.57 bits per heavy atom. The predicted molar refractivity (Wildman–Crippen MR) is 51.7 cm³/mol. The van der Waals surface area contributed by atoms with E-state index in [9.17, 15) is 0 Å². The maximum Gasteiger partial charge on any atom is 1.00 e. The van der Waals surface area contributed by atoms with Crippen molar-refractivity contribution in [2.45, 2.75) is 11.4 Å². The summed E-state index contributed by atoms with van der Waals surface area (Å²) < 4.78 is 10.1. The standard InChI is InChI=1S/C8H12N2O2S.Na.H/c1-11-7(12-2)6-4-5-9-8(10-6)13-3;;/h4-5,7H,1-3H3;;/q;+1;-1. The molecule has 0 fully saturated rings. The molecular formula is C8H13N2NaO2S. The maximum atomic E-state index is 5.06. The number of aromatic nitrogens is 2. The van der Waals surface area contributed by atoms with Crippen molar-refractivity contribution in [2.24, 2.45) is 0 Å². The Kier molecular flexibility index (Phi) is 7.81. The van der Waals surface area contributed by atoms with Gasteiger partial charge in [0.25, 0.3) is 0 Å². The molecule has 0 aliphatic rings. The quantitative estimate of drug-likeness (QED) is 0.272. The molecule has 1 aromatic rings. The second-order valence-corrected chi connectivity index (χ2v) is 3.04. The number of nitrogens with zero attached hydrogens (tertiary/aromatic N) is 2. The minimum absolute atomic E-state index is 0. The van der Waals surface area contributed by atoms with Crippen molar-refractivity contribution >= 4 is 11.8 Å². The van der Waals surface area contributed by atoms with Gasteiger partial charge in [0, 0.05) is 20.4 Å². The molecule has 0 atom stereocenters. The van der Waals surface area contributed by atoms with Gasteiger partial charge in [-0.2, -0.15) is 0 Å². The molecule has 0 aliphatic carbocycles. The van der Waals surface area contributed by atoms with Crippen LogP contribution in [0.25, 0.3) is 0 Å². The van der Waals surface area contributed by atoms with Gasteiger partial charge in [0.1, 0.15) is 5.69 Å². The van der Waals surface area contributed by atoms with Gasteiger partial charge in [0.2, 0.25) is 6.29 Å². The van der Waals surface area contributed by atoms with Gasteiger partial charge in [-0.1, -0.05) is 11.8 Å². The van der Waals surface area contributed by atoms with E-state index in [0.717, 1.165) is 10.9 Å². The number of methoxy groups -OCH3 is 2. The fourth-order valence-electron chi connectivity index (χ4n) is 0.921. The fourth-order valence-corrected chi connectivity index (χ4v) is 1.28. The molecule has 4 nitrogen and oxygen atoms in total. The summed E-state index contributed by atoms with van der Waals surface area (Å²) in [5, 5.41) is 0.719. The molecule has 6 heteroatoms. The van der Waals surface area contributed by atoms with Gasteiger partial charge in [-0.25, -0.2) is 9.97 Å². The third kappa shape index (κ3) is 3.84. The topological polar surface area (TPSA) is 44.2 Å². The van der Waals surface area contributed by atoms with Crippen LogP contribution < -0.4 is 29.6 Å². The van der Waals surface area contributed by atoms with E-state index < -0.39 is 6.29 Å². The van der Waals surface area contributed by atoms with E-state index in [1.165, 1.54) is 11.8 Å². The SMILES string of the molecule is COC(OC)c1ccnc(SC)n1.[H-].[Na+]. The Hall–Kier alpha value is 0.350. The van der Waals surface area contributed by atoms with Crippen molar-refractivity contribution in [3.63, 3.8) is 0 Å². The summed E-state index contributed by atoms with van der Waals surface area (Å²) in [6.45, 7) is 0. The molecule has 0 N–H and O–H groups in total. The second kappa shape index (κ2) is 7.62. The van der Waals surface area contributed by atoms with Crippen LogP contribution >= 0.6 is 11.8 Å². The zero-order valence-electron chi connectivity index (χ0n) is 9.85. The van der Waals surface area contributed by atoms with Crippen molar-refractivity contribution in [3.05, 3.63) is 18.0 Å². The summed E-state index contributed by atoms with van der Waals surface area (Å²) in [6, 6.07) is 1.78. The van der Waals surface area contributed by atoms with Crippen LogP contribution in [0.3, 0.4) is 0 Å². The minimum Gasteiger partial charge on any atom is -1.00 e. The van der Waals surface area contributed by atoms with E-state index in [1.807, 2.05) is 6.26 Å². The van der Waals surface area contributed by atoms with E-state index in [2.05, 4.69) is 9.97 Å². The second-order valence-electron chi connectivity index (χ2n) is 2.27. The molecule has 0 bridgehead atoms. The Labute approximate surface area is 112 Å². The van der Waals surface area contributed by atoms with Crippen LogP contribution in [0.4, 0.5) is 0 Å². The van der Waals surface area contributed by atoms with Crippen LogP contribution in [0.5, 0.6) is 0 Å². The monoisotopic (exact) mass is 224 g/mol. The molecule has 1 rings (SSSR count). The van der Waals surface area contributed by atoms with Gasteiger partial charge in [0.05, 0.1) is 0 Å². The third-order valence-electron chi connectivity index (χ3n) is 1.51. The van der Waals surface area contributed by atoms with Crippen molar-refractivity contribution in [1.82, 2.24) is 9.97 Å². The maximum absolute atomic E-state index is 5.06. The molecule has 1 heterocycles. The number of rotatable bonds is 4. The molecule has 0 saturated heterocycles. The number of thioether (sulfide) groups is 1. The molecule has 0 aromatic carbocycles. The van der Waals surface area contributed by atoms with E-state index >= 15 is 0 Å². The van der Waals surface area contributed by atoms with Gasteiger partial charge in [0.15, 0.2) is 5.16 Å². The van der Waals surface area contributed by atoms with Gasteiger partial charge in [-0.15, -0.1) is 0 Å². The molecular weight excluding hydrogens is 211 g/mol. The predicted octanol–water partition coefficient (Wildman–Crippen LogP) is -1.39. The first-order chi connectivity index (χ1) is 6.31. The molecule has 0 amide bonds. The van der Waals surface area contributed by atoms with E-state index in [1.54, 1.807) is 26.5 Å². The van der Waals surface area contributed by atoms with Crippen molar-refractivity contribution in [2.75, 3.05) is 20.5 Å². The first kappa shape index (κ1) is 14.3. The minimum atomic E-state index is -0.408. The zero-order valence-corrected chi connectivity index (χ0v) is 11.7. The summed E-state index contributed by atoms with van der Waals surface area (Å²) in [4.78, 5) is 8.28. The summed E-state index contributed by atoms with van der Waals surface area (Å²) >= 11 is 1.49. The Morgan fingerprint density at radius 2 is 2.07 bits per heavy atom. The first-order valence-electron chi connectivity index (χ1n) is 3.74. The van der Waals surface area contributed by atoms with Crippen LogP contribution in [0, 0.1) is 0 Å². The van der Waals surface area contributed by atoms with Gasteiger partial charge < -0.3 is 10.9 Å². The zero-order chi connectivity index (χ0) is 9.68. The van der Waals surface area contributed by atoms with Crippen molar-refractivity contribution < 1.29 is 40.5 Å². The van der Waals surface area contributed by atoms with Crippen molar-refractivity contribution in [3.8, 4) is 0 Å². The molecule has 74 valence electrons. The molecule has 0 aliphatic heterocycles. The molecule has 0 saturated carbocycles. The summed E-state index contributed by atoms with van der Waals surface area (Å²) in [6.07, 6.45) is 3.21. The van der Waals surface area contributed by atoms with Crippen molar-refractivity contribution in [1.29, 1.82) is 0 Å². The first-order valence-corrected chi connectivity index (χ1v) is 4.96. The Morgan fingerprint density at radius 1 is 1.43 bits per heavy atom. The average Bonchev–Trinajstić information content (AvgIpc) is 2.20. The Balaban J connectivity index is 0. The number of hydrogen-bond acceptors (Lipinski definition) is 5. The van der Waals surface area contributed by atoms with Gasteiger partial charge in [-0.3, -0.25) is 0 Å². The summed E-state index contributed by atoms with van der Waals surface area (Å²) in [7, 11) is 3.16. The van der Waals surface area contributed by atoms with Gasteiger partial charge in [-0.05, 0) is 12.3 Å². The van der Waals surface area contributed by atoms with Crippen LogP contribution in [-0.2, 0) is 9.47 Å². The largest absolute Gasteiger partial charge is 1.00 e. The smallest absolute Gasteiger partial charge is 1.00 e.